The maximum Gasteiger partial charge on any atom is 0.247 e. The summed E-state index contributed by atoms with van der Waals surface area (Å²) >= 11 is 0. The van der Waals surface area contributed by atoms with Gasteiger partial charge in [0.1, 0.15) is 5.82 Å². The van der Waals surface area contributed by atoms with Gasteiger partial charge in [0.2, 0.25) is 5.91 Å². The van der Waals surface area contributed by atoms with Crippen LogP contribution in [0, 0.1) is 5.82 Å². The number of halogens is 1. The number of hydrogen-bond acceptors (Lipinski definition) is 1. The Labute approximate surface area is 99.7 Å². The highest BCUT2D eigenvalue weighted by atomic mass is 19.1. The molecule has 2 aliphatic rings. The van der Waals surface area contributed by atoms with Gasteiger partial charge in [-0.3, -0.25) is 4.79 Å². The van der Waals surface area contributed by atoms with Crippen molar-refractivity contribution < 1.29 is 9.18 Å². The lowest BCUT2D eigenvalue weighted by molar-refractivity contribution is -0.127. The Hall–Kier alpha value is -1.64. The zero-order chi connectivity index (χ0) is 11.8. The third-order valence-electron chi connectivity index (χ3n) is 3.61. The lowest BCUT2D eigenvalue weighted by Gasteiger charge is -2.29. The number of amides is 1. The zero-order valence-corrected chi connectivity index (χ0v) is 9.53. The molecule has 0 aliphatic carbocycles. The van der Waals surface area contributed by atoms with Crippen molar-refractivity contribution in [2.75, 3.05) is 6.54 Å². The van der Waals surface area contributed by atoms with E-state index in [0.717, 1.165) is 36.9 Å². The molecule has 88 valence electrons. The molecule has 1 aromatic carbocycles. The molecule has 2 heterocycles. The molecule has 1 aromatic rings. The van der Waals surface area contributed by atoms with Gasteiger partial charge in [0, 0.05) is 18.7 Å². The Morgan fingerprint density at radius 3 is 3.06 bits per heavy atom. The van der Waals surface area contributed by atoms with Crippen LogP contribution >= 0.6 is 0 Å². The van der Waals surface area contributed by atoms with Crippen LogP contribution < -0.4 is 0 Å². The van der Waals surface area contributed by atoms with E-state index >= 15 is 0 Å². The normalized spacial score (nSPS) is 23.6. The van der Waals surface area contributed by atoms with Gasteiger partial charge < -0.3 is 4.90 Å². The minimum atomic E-state index is -0.246. The molecule has 0 aromatic heterocycles. The number of benzene rings is 1. The molecule has 0 bridgehead atoms. The van der Waals surface area contributed by atoms with Gasteiger partial charge in [-0.1, -0.05) is 12.1 Å². The average Bonchev–Trinajstić information content (AvgIpc) is 2.77. The molecular formula is C14H14FNO. The van der Waals surface area contributed by atoms with E-state index in [0.29, 0.717) is 6.04 Å². The SMILES string of the molecule is O=C1C=C(c2cccc(F)c2)C[C@@H]2CCCN12. The van der Waals surface area contributed by atoms with Crippen LogP contribution in [0.15, 0.2) is 30.3 Å². The molecule has 0 N–H and O–H groups in total. The molecule has 2 nitrogen and oxygen atoms in total. The molecule has 0 saturated carbocycles. The average molecular weight is 231 g/mol. The fraction of sp³-hybridized carbons (Fsp3) is 0.357. The van der Waals surface area contributed by atoms with E-state index in [1.54, 1.807) is 12.1 Å². The van der Waals surface area contributed by atoms with Gasteiger partial charge in [0.25, 0.3) is 0 Å². The highest BCUT2D eigenvalue weighted by molar-refractivity contribution is 5.97. The molecule has 3 heteroatoms. The number of carbonyl (C=O) groups is 1. The van der Waals surface area contributed by atoms with Crippen LogP contribution in [0.3, 0.4) is 0 Å². The number of rotatable bonds is 1. The Balaban J connectivity index is 1.94. The van der Waals surface area contributed by atoms with Gasteiger partial charge in [-0.05, 0) is 42.5 Å². The first-order valence-electron chi connectivity index (χ1n) is 6.01. The molecule has 1 amide bonds. The van der Waals surface area contributed by atoms with Crippen LogP contribution in [0.25, 0.3) is 5.57 Å². The summed E-state index contributed by atoms with van der Waals surface area (Å²) in [4.78, 5) is 13.8. The largest absolute Gasteiger partial charge is 0.336 e. The minimum Gasteiger partial charge on any atom is -0.336 e. The minimum absolute atomic E-state index is 0.0815. The highest BCUT2D eigenvalue weighted by Gasteiger charge is 2.32. The quantitative estimate of drug-likeness (QED) is 0.727. The maximum absolute atomic E-state index is 13.2. The fourth-order valence-corrected chi connectivity index (χ4v) is 2.77. The highest BCUT2D eigenvalue weighted by Crippen LogP contribution is 2.32. The first-order chi connectivity index (χ1) is 8.24. The van der Waals surface area contributed by atoms with Crippen molar-refractivity contribution >= 4 is 11.5 Å². The van der Waals surface area contributed by atoms with Gasteiger partial charge in [-0.25, -0.2) is 4.39 Å². The van der Waals surface area contributed by atoms with Crippen molar-refractivity contribution in [2.24, 2.45) is 0 Å². The summed E-state index contributed by atoms with van der Waals surface area (Å²) in [6, 6.07) is 6.81. The molecule has 0 unspecified atom stereocenters. The third-order valence-corrected chi connectivity index (χ3v) is 3.61. The lowest BCUT2D eigenvalue weighted by atomic mass is 9.94. The summed E-state index contributed by atoms with van der Waals surface area (Å²) in [5, 5.41) is 0. The standard InChI is InChI=1S/C14H14FNO/c15-12-4-1-3-10(7-12)11-8-13-5-2-6-16(13)14(17)9-11/h1,3-4,7,9,13H,2,5-6,8H2/t13-/m0/s1. The van der Waals surface area contributed by atoms with Crippen molar-refractivity contribution in [3.63, 3.8) is 0 Å². The Morgan fingerprint density at radius 2 is 2.24 bits per heavy atom. The predicted octanol–water partition coefficient (Wildman–Crippen LogP) is 2.60. The second-order valence-corrected chi connectivity index (χ2v) is 4.71. The molecule has 2 aliphatic heterocycles. The third kappa shape index (κ3) is 1.86. The molecule has 1 atom stereocenters. The summed E-state index contributed by atoms with van der Waals surface area (Å²) < 4.78 is 13.2. The van der Waals surface area contributed by atoms with Crippen LogP contribution in [0.1, 0.15) is 24.8 Å². The van der Waals surface area contributed by atoms with Gasteiger partial charge in [0.15, 0.2) is 0 Å². The predicted molar refractivity (Wildman–Crippen MR) is 63.7 cm³/mol. The molecule has 1 fully saturated rings. The molecular weight excluding hydrogens is 217 g/mol. The summed E-state index contributed by atoms with van der Waals surface area (Å²) in [5.74, 6) is -0.164. The fourth-order valence-electron chi connectivity index (χ4n) is 2.77. The smallest absolute Gasteiger partial charge is 0.247 e. The summed E-state index contributed by atoms with van der Waals surface area (Å²) in [6.45, 7) is 0.871. The van der Waals surface area contributed by atoms with Gasteiger partial charge in [-0.2, -0.15) is 0 Å². The van der Waals surface area contributed by atoms with Crippen molar-refractivity contribution in [1.82, 2.24) is 4.90 Å². The molecule has 0 radical (unpaired) electrons. The van der Waals surface area contributed by atoms with Gasteiger partial charge >= 0.3 is 0 Å². The summed E-state index contributed by atoms with van der Waals surface area (Å²) in [7, 11) is 0. The van der Waals surface area contributed by atoms with E-state index in [1.807, 2.05) is 11.0 Å². The molecule has 1 saturated heterocycles. The second kappa shape index (κ2) is 3.99. The van der Waals surface area contributed by atoms with E-state index < -0.39 is 0 Å². The monoisotopic (exact) mass is 231 g/mol. The molecule has 17 heavy (non-hydrogen) atoms. The van der Waals surface area contributed by atoms with Gasteiger partial charge in [-0.15, -0.1) is 0 Å². The number of hydrogen-bond donors (Lipinski definition) is 0. The van der Waals surface area contributed by atoms with Crippen molar-refractivity contribution in [2.45, 2.75) is 25.3 Å². The summed E-state index contributed by atoms with van der Waals surface area (Å²) in [6.07, 6.45) is 4.67. The Bertz CT molecular complexity index is 495. The van der Waals surface area contributed by atoms with Gasteiger partial charge in [0.05, 0.1) is 0 Å². The first kappa shape index (κ1) is 10.5. The van der Waals surface area contributed by atoms with Crippen molar-refractivity contribution in [1.29, 1.82) is 0 Å². The second-order valence-electron chi connectivity index (χ2n) is 4.71. The topological polar surface area (TPSA) is 20.3 Å². The number of nitrogens with zero attached hydrogens (tertiary/aromatic N) is 1. The Kier molecular flexibility index (Phi) is 2.46. The molecule has 0 spiro atoms. The van der Waals surface area contributed by atoms with Crippen LogP contribution in [0.4, 0.5) is 4.39 Å². The number of fused-ring (bicyclic) bond motifs is 1. The van der Waals surface area contributed by atoms with E-state index in [9.17, 15) is 9.18 Å². The first-order valence-corrected chi connectivity index (χ1v) is 6.01. The van der Waals surface area contributed by atoms with E-state index in [-0.39, 0.29) is 11.7 Å². The molecule has 3 rings (SSSR count). The maximum atomic E-state index is 13.2. The van der Waals surface area contributed by atoms with E-state index in [4.69, 9.17) is 0 Å². The van der Waals surface area contributed by atoms with Crippen molar-refractivity contribution in [3.8, 4) is 0 Å². The van der Waals surface area contributed by atoms with Crippen LogP contribution in [-0.4, -0.2) is 23.4 Å². The zero-order valence-electron chi connectivity index (χ0n) is 9.53. The van der Waals surface area contributed by atoms with E-state index in [1.165, 1.54) is 12.1 Å². The van der Waals surface area contributed by atoms with Crippen LogP contribution in [-0.2, 0) is 4.79 Å². The van der Waals surface area contributed by atoms with Crippen LogP contribution in [0.2, 0.25) is 0 Å². The lowest BCUT2D eigenvalue weighted by Crippen LogP contribution is -2.37. The summed E-state index contributed by atoms with van der Waals surface area (Å²) in [5.41, 5.74) is 1.81. The van der Waals surface area contributed by atoms with Crippen molar-refractivity contribution in [3.05, 3.63) is 41.7 Å². The Morgan fingerprint density at radius 1 is 1.35 bits per heavy atom. The van der Waals surface area contributed by atoms with Crippen LogP contribution in [0.5, 0.6) is 0 Å². The number of carbonyl (C=O) groups excluding carboxylic acids is 1. The van der Waals surface area contributed by atoms with E-state index in [2.05, 4.69) is 0 Å².